The van der Waals surface area contributed by atoms with Crippen LogP contribution >= 0.6 is 0 Å². The van der Waals surface area contributed by atoms with Crippen LogP contribution < -0.4 is 10.6 Å². The Hall–Kier alpha value is -1.35. The summed E-state index contributed by atoms with van der Waals surface area (Å²) in [5, 5.41) is 6.49. The number of aryl methyl sites for hydroxylation is 1. The highest BCUT2D eigenvalue weighted by molar-refractivity contribution is 5.76. The molecule has 2 rings (SSSR count). The van der Waals surface area contributed by atoms with Crippen molar-refractivity contribution in [1.29, 1.82) is 0 Å². The van der Waals surface area contributed by atoms with Crippen molar-refractivity contribution in [1.82, 2.24) is 10.6 Å². The molecule has 3 heteroatoms. The molecule has 110 valence electrons. The Morgan fingerprint density at radius 3 is 2.80 bits per heavy atom. The number of carbonyl (C=O) groups is 1. The Morgan fingerprint density at radius 1 is 1.40 bits per heavy atom. The van der Waals surface area contributed by atoms with E-state index in [-0.39, 0.29) is 11.9 Å². The van der Waals surface area contributed by atoms with Crippen molar-refractivity contribution in [3.63, 3.8) is 0 Å². The largest absolute Gasteiger partial charge is 0.350 e. The van der Waals surface area contributed by atoms with E-state index in [1.165, 1.54) is 24.0 Å². The normalized spacial score (nSPS) is 20.4. The third-order valence-corrected chi connectivity index (χ3v) is 4.13. The molecule has 1 fully saturated rings. The average molecular weight is 274 g/mol. The molecule has 2 N–H and O–H groups in total. The molecule has 2 unspecified atom stereocenters. The van der Waals surface area contributed by atoms with Crippen LogP contribution in [0.25, 0.3) is 0 Å². The number of nitrogens with one attached hydrogen (secondary N) is 2. The van der Waals surface area contributed by atoms with Crippen molar-refractivity contribution < 1.29 is 4.79 Å². The summed E-state index contributed by atoms with van der Waals surface area (Å²) in [6.07, 6.45) is 4.14. The van der Waals surface area contributed by atoms with Gasteiger partial charge in [-0.15, -0.1) is 0 Å². The van der Waals surface area contributed by atoms with Gasteiger partial charge in [-0.05, 0) is 57.7 Å². The summed E-state index contributed by atoms with van der Waals surface area (Å²) in [6.45, 7) is 6.32. The number of hydrogen-bond acceptors (Lipinski definition) is 2. The second-order valence-electron chi connectivity index (χ2n) is 5.95. The smallest absolute Gasteiger partial charge is 0.220 e. The molecule has 0 aromatic heterocycles. The van der Waals surface area contributed by atoms with Crippen LogP contribution in [0.15, 0.2) is 24.3 Å². The Labute approximate surface area is 122 Å². The van der Waals surface area contributed by atoms with Crippen LogP contribution in [0, 0.1) is 12.8 Å². The number of amides is 1. The molecular formula is C17H26N2O. The minimum Gasteiger partial charge on any atom is -0.350 e. The molecule has 0 radical (unpaired) electrons. The maximum absolute atomic E-state index is 12.0. The van der Waals surface area contributed by atoms with Crippen LogP contribution in [0.1, 0.15) is 49.8 Å². The predicted octanol–water partition coefficient (Wildman–Crippen LogP) is 2.95. The number of benzene rings is 1. The van der Waals surface area contributed by atoms with Gasteiger partial charge in [-0.1, -0.05) is 29.8 Å². The number of hydrogen-bond donors (Lipinski definition) is 2. The quantitative estimate of drug-likeness (QED) is 0.866. The zero-order valence-electron chi connectivity index (χ0n) is 12.6. The summed E-state index contributed by atoms with van der Waals surface area (Å²) in [6, 6.07) is 8.45. The first-order valence-electron chi connectivity index (χ1n) is 7.72. The molecule has 0 aliphatic carbocycles. The maximum Gasteiger partial charge on any atom is 0.220 e. The minimum atomic E-state index is 0.0904. The van der Waals surface area contributed by atoms with Gasteiger partial charge in [0.1, 0.15) is 0 Å². The van der Waals surface area contributed by atoms with E-state index in [0.717, 1.165) is 19.5 Å². The Kier molecular flexibility index (Phi) is 5.60. The lowest BCUT2D eigenvalue weighted by Crippen LogP contribution is -2.31. The first-order chi connectivity index (χ1) is 9.65. The number of rotatable bonds is 5. The zero-order chi connectivity index (χ0) is 14.4. The van der Waals surface area contributed by atoms with Crippen LogP contribution in [0.4, 0.5) is 0 Å². The fourth-order valence-electron chi connectivity index (χ4n) is 2.76. The van der Waals surface area contributed by atoms with Gasteiger partial charge in [0.15, 0.2) is 0 Å². The first-order valence-corrected chi connectivity index (χ1v) is 7.72. The summed E-state index contributed by atoms with van der Waals surface area (Å²) in [4.78, 5) is 12.0. The molecule has 1 heterocycles. The first kappa shape index (κ1) is 15.0. The minimum absolute atomic E-state index is 0.0904. The molecule has 0 saturated carbocycles. The van der Waals surface area contributed by atoms with E-state index in [0.29, 0.717) is 12.3 Å². The third-order valence-electron chi connectivity index (χ3n) is 4.13. The maximum atomic E-state index is 12.0. The van der Waals surface area contributed by atoms with Crippen molar-refractivity contribution in [2.24, 2.45) is 5.92 Å². The van der Waals surface area contributed by atoms with Crippen molar-refractivity contribution in [3.8, 4) is 0 Å². The van der Waals surface area contributed by atoms with Gasteiger partial charge in [-0.2, -0.15) is 0 Å². The van der Waals surface area contributed by atoms with E-state index in [1.807, 2.05) is 6.92 Å². The Bertz CT molecular complexity index is 421. The molecular weight excluding hydrogens is 248 g/mol. The van der Waals surface area contributed by atoms with E-state index in [9.17, 15) is 4.79 Å². The van der Waals surface area contributed by atoms with Crippen LogP contribution in [0.2, 0.25) is 0 Å². The van der Waals surface area contributed by atoms with Gasteiger partial charge in [0.25, 0.3) is 0 Å². The molecule has 3 nitrogen and oxygen atoms in total. The second kappa shape index (κ2) is 7.44. The van der Waals surface area contributed by atoms with Crippen molar-refractivity contribution in [3.05, 3.63) is 35.4 Å². The van der Waals surface area contributed by atoms with Crippen LogP contribution in [-0.4, -0.2) is 19.0 Å². The van der Waals surface area contributed by atoms with Gasteiger partial charge in [0.05, 0.1) is 6.04 Å². The molecule has 2 atom stereocenters. The fraction of sp³-hybridized carbons (Fsp3) is 0.588. The molecule has 0 bridgehead atoms. The lowest BCUT2D eigenvalue weighted by molar-refractivity contribution is -0.122. The lowest BCUT2D eigenvalue weighted by atomic mass is 9.94. The van der Waals surface area contributed by atoms with Gasteiger partial charge in [-0.3, -0.25) is 4.79 Å². The Morgan fingerprint density at radius 2 is 2.15 bits per heavy atom. The van der Waals surface area contributed by atoms with E-state index in [2.05, 4.69) is 41.8 Å². The van der Waals surface area contributed by atoms with Gasteiger partial charge in [0.2, 0.25) is 5.91 Å². The monoisotopic (exact) mass is 274 g/mol. The lowest BCUT2D eigenvalue weighted by Gasteiger charge is -2.22. The summed E-state index contributed by atoms with van der Waals surface area (Å²) in [7, 11) is 0. The summed E-state index contributed by atoms with van der Waals surface area (Å²) < 4.78 is 0. The van der Waals surface area contributed by atoms with Gasteiger partial charge in [-0.25, -0.2) is 0 Å². The molecule has 1 saturated heterocycles. The average Bonchev–Trinajstić information content (AvgIpc) is 2.47. The van der Waals surface area contributed by atoms with Crippen molar-refractivity contribution >= 4 is 5.91 Å². The standard InChI is InChI=1S/C17H26N2O/c1-13-5-8-16(9-6-13)14(2)19-17(20)10-7-15-4-3-11-18-12-15/h5-6,8-9,14-15,18H,3-4,7,10-12H2,1-2H3,(H,19,20). The van der Waals surface area contributed by atoms with E-state index < -0.39 is 0 Å². The third kappa shape index (κ3) is 4.64. The fourth-order valence-corrected chi connectivity index (χ4v) is 2.76. The molecule has 1 aliphatic rings. The van der Waals surface area contributed by atoms with E-state index >= 15 is 0 Å². The molecule has 1 amide bonds. The highest BCUT2D eigenvalue weighted by Crippen LogP contribution is 2.17. The van der Waals surface area contributed by atoms with E-state index in [1.54, 1.807) is 0 Å². The SMILES string of the molecule is Cc1ccc(C(C)NC(=O)CCC2CCCNC2)cc1. The summed E-state index contributed by atoms with van der Waals surface area (Å²) in [5.41, 5.74) is 2.42. The molecule has 20 heavy (non-hydrogen) atoms. The van der Waals surface area contributed by atoms with Crippen LogP contribution in [0.3, 0.4) is 0 Å². The zero-order valence-corrected chi connectivity index (χ0v) is 12.6. The van der Waals surface area contributed by atoms with Crippen LogP contribution in [-0.2, 0) is 4.79 Å². The summed E-state index contributed by atoms with van der Waals surface area (Å²) in [5.74, 6) is 0.841. The topological polar surface area (TPSA) is 41.1 Å². The molecule has 1 aliphatic heterocycles. The van der Waals surface area contributed by atoms with Gasteiger partial charge >= 0.3 is 0 Å². The highest BCUT2D eigenvalue weighted by Gasteiger charge is 2.15. The number of carbonyl (C=O) groups excluding carboxylic acids is 1. The predicted molar refractivity (Wildman–Crippen MR) is 82.6 cm³/mol. The molecule has 1 aromatic rings. The van der Waals surface area contributed by atoms with Gasteiger partial charge < -0.3 is 10.6 Å². The van der Waals surface area contributed by atoms with E-state index in [4.69, 9.17) is 0 Å². The van der Waals surface area contributed by atoms with Crippen LogP contribution in [0.5, 0.6) is 0 Å². The number of piperidine rings is 1. The molecule has 1 aromatic carbocycles. The highest BCUT2D eigenvalue weighted by atomic mass is 16.1. The summed E-state index contributed by atoms with van der Waals surface area (Å²) >= 11 is 0. The van der Waals surface area contributed by atoms with Crippen molar-refractivity contribution in [2.45, 2.75) is 45.6 Å². The second-order valence-corrected chi connectivity index (χ2v) is 5.95. The molecule has 0 spiro atoms. The van der Waals surface area contributed by atoms with Crippen molar-refractivity contribution in [2.75, 3.05) is 13.1 Å². The van der Waals surface area contributed by atoms with Gasteiger partial charge in [0, 0.05) is 6.42 Å². The Balaban J connectivity index is 1.74.